The van der Waals surface area contributed by atoms with E-state index < -0.39 is 28.4 Å². The third-order valence-corrected chi connectivity index (χ3v) is 9.95. The summed E-state index contributed by atoms with van der Waals surface area (Å²) in [4.78, 5) is 29.4. The van der Waals surface area contributed by atoms with Crippen LogP contribution in [-0.4, -0.2) is 73.0 Å². The lowest BCUT2D eigenvalue weighted by Gasteiger charge is -2.41. The number of halogens is 2. The average Bonchev–Trinajstić information content (AvgIpc) is 3.32. The number of carbonyl (C=O) groups excluding carboxylic acids is 2. The van der Waals surface area contributed by atoms with Gasteiger partial charge in [0.2, 0.25) is 21.8 Å². The molecular weight excluding hydrogens is 512 g/mol. The van der Waals surface area contributed by atoms with Crippen molar-refractivity contribution in [3.05, 3.63) is 66.2 Å². The van der Waals surface area contributed by atoms with E-state index in [-0.39, 0.29) is 48.2 Å². The first-order chi connectivity index (χ1) is 18.2. The Hall–Kier alpha value is -2.85. The number of benzene rings is 2. The smallest absolute Gasteiger partial charge is 0.267 e. The van der Waals surface area contributed by atoms with E-state index >= 15 is 0 Å². The predicted octanol–water partition coefficient (Wildman–Crippen LogP) is 3.93. The van der Waals surface area contributed by atoms with Gasteiger partial charge in [-0.2, -0.15) is 4.31 Å². The molecule has 7 nitrogen and oxygen atoms in total. The Labute approximate surface area is 222 Å². The first-order valence-corrected chi connectivity index (χ1v) is 14.7. The summed E-state index contributed by atoms with van der Waals surface area (Å²) >= 11 is 0. The fourth-order valence-corrected chi connectivity index (χ4v) is 7.64. The van der Waals surface area contributed by atoms with Crippen LogP contribution in [0.3, 0.4) is 0 Å². The van der Waals surface area contributed by atoms with Gasteiger partial charge in [-0.1, -0.05) is 48.5 Å². The highest BCUT2D eigenvalue weighted by Gasteiger charge is 2.44. The molecule has 0 aromatic heterocycles. The Balaban J connectivity index is 1.27. The number of hydrogen-bond donors (Lipinski definition) is 0. The molecule has 5 rings (SSSR count). The summed E-state index contributed by atoms with van der Waals surface area (Å²) in [6.45, 7) is 0.354. The lowest BCUT2D eigenvalue weighted by molar-refractivity contribution is -0.143. The molecule has 0 saturated carbocycles. The number of alkyl halides is 2. The van der Waals surface area contributed by atoms with Crippen molar-refractivity contribution in [2.75, 3.05) is 32.7 Å². The van der Waals surface area contributed by atoms with Crippen LogP contribution < -0.4 is 0 Å². The zero-order valence-electron chi connectivity index (χ0n) is 21.2. The van der Waals surface area contributed by atoms with Crippen molar-refractivity contribution in [2.45, 2.75) is 49.0 Å². The van der Waals surface area contributed by atoms with E-state index in [1.165, 1.54) is 9.21 Å². The van der Waals surface area contributed by atoms with Gasteiger partial charge in [-0.05, 0) is 43.4 Å². The van der Waals surface area contributed by atoms with Crippen molar-refractivity contribution in [3.8, 4) is 0 Å². The highest BCUT2D eigenvalue weighted by atomic mass is 32.2. The summed E-state index contributed by atoms with van der Waals surface area (Å²) < 4.78 is 56.0. The molecule has 3 aliphatic rings. The van der Waals surface area contributed by atoms with Crippen LogP contribution >= 0.6 is 0 Å². The number of hydrogen-bond acceptors (Lipinski definition) is 4. The lowest BCUT2D eigenvalue weighted by atomic mass is 9.88. The van der Waals surface area contributed by atoms with Gasteiger partial charge in [-0.3, -0.25) is 9.59 Å². The van der Waals surface area contributed by atoms with Crippen molar-refractivity contribution < 1.29 is 26.8 Å². The summed E-state index contributed by atoms with van der Waals surface area (Å²) in [5.41, 5.74) is 0.893. The van der Waals surface area contributed by atoms with Gasteiger partial charge in [0.15, 0.2) is 0 Å². The lowest BCUT2D eigenvalue weighted by Crippen LogP contribution is -2.50. The molecule has 38 heavy (non-hydrogen) atoms. The standard InChI is InChI=1S/C28H33F2N3O4S/c29-28(30)15-18-32(20-28)26(34)22-13-16-31(17-14-22)27(35)23-11-12-25(21-7-3-1-4-8-21)33(19-23)38(36,37)24-9-5-2-6-10-24/h1-10,22-23,25H,11-20H2. The fourth-order valence-electron chi connectivity index (χ4n) is 5.93. The van der Waals surface area contributed by atoms with Crippen LogP contribution in [0.2, 0.25) is 0 Å². The Morgan fingerprint density at radius 3 is 1.97 bits per heavy atom. The van der Waals surface area contributed by atoms with Crippen molar-refractivity contribution in [2.24, 2.45) is 11.8 Å². The maximum atomic E-state index is 13.7. The van der Waals surface area contributed by atoms with E-state index in [2.05, 4.69) is 0 Å². The molecule has 204 valence electrons. The second kappa shape index (κ2) is 10.7. The molecule has 0 N–H and O–H groups in total. The topological polar surface area (TPSA) is 78.0 Å². The minimum absolute atomic E-state index is 0.0708. The quantitative estimate of drug-likeness (QED) is 0.571. The second-order valence-corrected chi connectivity index (χ2v) is 12.4. The van der Waals surface area contributed by atoms with Gasteiger partial charge in [0.25, 0.3) is 5.92 Å². The van der Waals surface area contributed by atoms with Gasteiger partial charge < -0.3 is 9.80 Å². The van der Waals surface area contributed by atoms with Crippen LogP contribution in [0.25, 0.3) is 0 Å². The van der Waals surface area contributed by atoms with Crippen molar-refractivity contribution in [1.82, 2.24) is 14.1 Å². The van der Waals surface area contributed by atoms with Crippen LogP contribution in [-0.2, 0) is 19.6 Å². The van der Waals surface area contributed by atoms with E-state index in [1.54, 1.807) is 35.2 Å². The van der Waals surface area contributed by atoms with Gasteiger partial charge >= 0.3 is 0 Å². The van der Waals surface area contributed by atoms with Gasteiger partial charge in [-0.25, -0.2) is 17.2 Å². The van der Waals surface area contributed by atoms with Crippen LogP contribution in [0.1, 0.15) is 43.7 Å². The first-order valence-electron chi connectivity index (χ1n) is 13.2. The SMILES string of the molecule is O=C(C1CCC(c2ccccc2)N(S(=O)(=O)c2ccccc2)C1)N1CCC(C(=O)N2CCC(F)(F)C2)CC1. The summed E-state index contributed by atoms with van der Waals surface area (Å²) in [5.74, 6) is -4.03. The van der Waals surface area contributed by atoms with Gasteiger partial charge in [0, 0.05) is 38.5 Å². The Morgan fingerprint density at radius 1 is 0.763 bits per heavy atom. The number of rotatable bonds is 5. The van der Waals surface area contributed by atoms with Crippen molar-refractivity contribution in [1.29, 1.82) is 0 Å². The zero-order chi connectivity index (χ0) is 26.9. The van der Waals surface area contributed by atoms with E-state index in [9.17, 15) is 26.8 Å². The molecular formula is C28H33F2N3O4S. The van der Waals surface area contributed by atoms with Gasteiger partial charge in [0.1, 0.15) is 0 Å². The van der Waals surface area contributed by atoms with Crippen molar-refractivity contribution in [3.63, 3.8) is 0 Å². The summed E-state index contributed by atoms with van der Waals surface area (Å²) in [7, 11) is -3.84. The number of piperidine rings is 2. The average molecular weight is 546 g/mol. The third kappa shape index (κ3) is 5.47. The Kier molecular flexibility index (Phi) is 7.55. The number of likely N-dealkylation sites (tertiary alicyclic amines) is 2. The third-order valence-electron chi connectivity index (χ3n) is 8.06. The number of amides is 2. The minimum Gasteiger partial charge on any atom is -0.342 e. The van der Waals surface area contributed by atoms with Crippen LogP contribution in [0.4, 0.5) is 8.78 Å². The minimum atomic E-state index is -3.84. The first kappa shape index (κ1) is 26.7. The van der Waals surface area contributed by atoms with Crippen LogP contribution in [0.15, 0.2) is 65.6 Å². The number of nitrogens with zero attached hydrogens (tertiary/aromatic N) is 3. The molecule has 3 heterocycles. The highest BCUT2D eigenvalue weighted by molar-refractivity contribution is 7.89. The number of carbonyl (C=O) groups is 2. The maximum absolute atomic E-state index is 13.7. The van der Waals surface area contributed by atoms with E-state index in [0.717, 1.165) is 5.56 Å². The fraction of sp³-hybridized carbons (Fsp3) is 0.500. The Morgan fingerprint density at radius 2 is 1.37 bits per heavy atom. The molecule has 3 aliphatic heterocycles. The normalized spacial score (nSPS) is 24.9. The Bertz CT molecular complexity index is 1250. The van der Waals surface area contributed by atoms with E-state index in [4.69, 9.17) is 0 Å². The molecule has 2 atom stereocenters. The molecule has 3 fully saturated rings. The molecule has 2 aromatic rings. The molecule has 2 amide bonds. The predicted molar refractivity (Wildman–Crippen MR) is 138 cm³/mol. The highest BCUT2D eigenvalue weighted by Crippen LogP contribution is 2.38. The monoisotopic (exact) mass is 545 g/mol. The molecule has 10 heteroatoms. The van der Waals surface area contributed by atoms with Crippen LogP contribution in [0.5, 0.6) is 0 Å². The largest absolute Gasteiger partial charge is 0.342 e. The number of sulfonamides is 1. The van der Waals surface area contributed by atoms with Crippen molar-refractivity contribution >= 4 is 21.8 Å². The van der Waals surface area contributed by atoms with E-state index in [1.807, 2.05) is 30.3 Å². The molecule has 2 aromatic carbocycles. The van der Waals surface area contributed by atoms with Gasteiger partial charge in [-0.15, -0.1) is 0 Å². The summed E-state index contributed by atoms with van der Waals surface area (Å²) in [5, 5.41) is 0. The summed E-state index contributed by atoms with van der Waals surface area (Å²) in [6, 6.07) is 17.4. The second-order valence-electron chi connectivity index (χ2n) is 10.6. The maximum Gasteiger partial charge on any atom is 0.267 e. The molecule has 0 bridgehead atoms. The zero-order valence-corrected chi connectivity index (χ0v) is 22.0. The van der Waals surface area contributed by atoms with Gasteiger partial charge in [0.05, 0.1) is 23.4 Å². The molecule has 0 radical (unpaired) electrons. The molecule has 0 aliphatic carbocycles. The molecule has 2 unspecified atom stereocenters. The van der Waals surface area contributed by atoms with Crippen LogP contribution in [0, 0.1) is 11.8 Å². The molecule has 0 spiro atoms. The molecule has 3 saturated heterocycles. The van der Waals surface area contributed by atoms with E-state index in [0.29, 0.717) is 38.8 Å². The summed E-state index contributed by atoms with van der Waals surface area (Å²) in [6.07, 6.45) is 1.63.